The average molecular weight is 470 g/mol. The third-order valence-electron chi connectivity index (χ3n) is 5.41. The molecule has 0 saturated carbocycles. The molecule has 0 amide bonds. The number of hydrogen-bond donors (Lipinski definition) is 0. The maximum atomic E-state index is 13.4. The number of fused-ring (bicyclic) bond motifs is 1. The van der Waals surface area contributed by atoms with Crippen molar-refractivity contribution in [1.82, 2.24) is 14.5 Å². The summed E-state index contributed by atoms with van der Waals surface area (Å²) in [6.07, 6.45) is 0. The number of thioether (sulfide) groups is 1. The van der Waals surface area contributed by atoms with Crippen LogP contribution in [-0.4, -0.2) is 21.1 Å². The maximum Gasteiger partial charge on any atom is 0.266 e. The fourth-order valence-corrected chi connectivity index (χ4v) is 4.76. The molecule has 0 spiro atoms. The number of aromatic nitrogens is 3. The van der Waals surface area contributed by atoms with Gasteiger partial charge in [0.05, 0.1) is 34.5 Å². The number of nitrogens with zero attached hydrogens (tertiary/aromatic N) is 3. The van der Waals surface area contributed by atoms with E-state index in [0.29, 0.717) is 34.3 Å². The summed E-state index contributed by atoms with van der Waals surface area (Å²) in [5, 5.41) is 1.19. The Kier molecular flexibility index (Phi) is 6.18. The highest BCUT2D eigenvalue weighted by atomic mass is 32.2. The molecule has 0 N–H and O–H groups in total. The highest BCUT2D eigenvalue weighted by molar-refractivity contribution is 7.98. The number of hydrogen-bond acceptors (Lipinski definition) is 6. The van der Waals surface area contributed by atoms with Crippen molar-refractivity contribution < 1.29 is 9.15 Å². The molecule has 0 atom stereocenters. The van der Waals surface area contributed by atoms with E-state index in [2.05, 4.69) is 0 Å². The van der Waals surface area contributed by atoms with Gasteiger partial charge in [-0.1, -0.05) is 54.2 Å². The molecule has 2 heterocycles. The number of ether oxygens (including phenoxy) is 1. The van der Waals surface area contributed by atoms with Crippen LogP contribution in [0.4, 0.5) is 0 Å². The molecule has 0 radical (unpaired) electrons. The second-order valence-electron chi connectivity index (χ2n) is 7.63. The molecule has 0 saturated heterocycles. The summed E-state index contributed by atoms with van der Waals surface area (Å²) < 4.78 is 13.4. The number of rotatable bonds is 7. The van der Waals surface area contributed by atoms with Gasteiger partial charge in [0.25, 0.3) is 5.56 Å². The third kappa shape index (κ3) is 4.22. The summed E-state index contributed by atoms with van der Waals surface area (Å²) in [7, 11) is 0. The lowest BCUT2D eigenvalue weighted by molar-refractivity contribution is 0.340. The van der Waals surface area contributed by atoms with Crippen molar-refractivity contribution in [3.8, 4) is 22.9 Å². The van der Waals surface area contributed by atoms with Crippen LogP contribution >= 0.6 is 11.8 Å². The monoisotopic (exact) mass is 469 g/mol. The molecule has 3 aromatic carbocycles. The molecule has 34 heavy (non-hydrogen) atoms. The molecule has 6 nitrogen and oxygen atoms in total. The van der Waals surface area contributed by atoms with Gasteiger partial charge in [-0.05, 0) is 50.2 Å². The number of aryl methyl sites for hydroxylation is 1. The van der Waals surface area contributed by atoms with Crippen molar-refractivity contribution in [3.63, 3.8) is 0 Å². The standard InChI is InChI=1S/C27H23N3O3S/c1-3-32-24-16-10-8-14-21(24)25-28-23(18(2)33-25)17-34-27-29-22-15-9-7-13-20(22)26(31)30(27)19-11-5-4-6-12-19/h4-16H,3,17H2,1-2H3. The smallest absolute Gasteiger partial charge is 0.266 e. The molecule has 0 bridgehead atoms. The first kappa shape index (κ1) is 22.0. The van der Waals surface area contributed by atoms with Gasteiger partial charge in [-0.3, -0.25) is 9.36 Å². The van der Waals surface area contributed by atoms with Crippen LogP contribution in [0.15, 0.2) is 93.2 Å². The third-order valence-corrected chi connectivity index (χ3v) is 6.36. The molecular weight excluding hydrogens is 446 g/mol. The highest BCUT2D eigenvalue weighted by Crippen LogP contribution is 2.32. The first-order valence-electron chi connectivity index (χ1n) is 11.0. The lowest BCUT2D eigenvalue weighted by Crippen LogP contribution is -2.21. The van der Waals surface area contributed by atoms with Gasteiger partial charge in [0.1, 0.15) is 11.5 Å². The van der Waals surface area contributed by atoms with E-state index < -0.39 is 0 Å². The summed E-state index contributed by atoms with van der Waals surface area (Å²) in [6, 6.07) is 24.7. The van der Waals surface area contributed by atoms with Crippen molar-refractivity contribution in [2.24, 2.45) is 0 Å². The second kappa shape index (κ2) is 9.57. The summed E-state index contributed by atoms with van der Waals surface area (Å²) in [6.45, 7) is 4.40. The van der Waals surface area contributed by atoms with Crippen LogP contribution in [0.25, 0.3) is 28.0 Å². The number of para-hydroxylation sites is 3. The second-order valence-corrected chi connectivity index (χ2v) is 8.57. The molecule has 0 aliphatic heterocycles. The quantitative estimate of drug-likeness (QED) is 0.214. The minimum atomic E-state index is -0.0949. The first-order valence-corrected chi connectivity index (χ1v) is 12.0. The SMILES string of the molecule is CCOc1ccccc1-c1nc(CSc2nc3ccccc3c(=O)n2-c2ccccc2)c(C)o1. The van der Waals surface area contributed by atoms with Gasteiger partial charge in [-0.25, -0.2) is 9.97 Å². The highest BCUT2D eigenvalue weighted by Gasteiger charge is 2.18. The Morgan fingerprint density at radius 1 is 0.941 bits per heavy atom. The fraction of sp³-hybridized carbons (Fsp3) is 0.148. The lowest BCUT2D eigenvalue weighted by Gasteiger charge is -2.12. The van der Waals surface area contributed by atoms with Gasteiger partial charge in [-0.15, -0.1) is 0 Å². The van der Waals surface area contributed by atoms with Gasteiger partial charge in [0.2, 0.25) is 5.89 Å². The Hall–Kier alpha value is -3.84. The van der Waals surface area contributed by atoms with Crippen molar-refractivity contribution in [1.29, 1.82) is 0 Å². The zero-order chi connectivity index (χ0) is 23.5. The summed E-state index contributed by atoms with van der Waals surface area (Å²) in [5.41, 5.74) is 2.96. The molecular formula is C27H23N3O3S. The fourth-order valence-electron chi connectivity index (χ4n) is 3.75. The molecule has 5 aromatic rings. The Bertz CT molecular complexity index is 1510. The Labute approximate surface area is 201 Å². The maximum absolute atomic E-state index is 13.4. The van der Waals surface area contributed by atoms with Gasteiger partial charge in [0.15, 0.2) is 5.16 Å². The van der Waals surface area contributed by atoms with Gasteiger partial charge < -0.3 is 9.15 Å². The molecule has 0 unspecified atom stereocenters. The normalized spacial score (nSPS) is 11.1. The predicted octanol–water partition coefficient (Wildman–Crippen LogP) is 6.04. The van der Waals surface area contributed by atoms with Crippen LogP contribution in [0.1, 0.15) is 18.4 Å². The van der Waals surface area contributed by atoms with Crippen molar-refractivity contribution in [2.75, 3.05) is 6.61 Å². The molecule has 0 aliphatic rings. The topological polar surface area (TPSA) is 70.2 Å². The Morgan fingerprint density at radius 2 is 1.68 bits per heavy atom. The molecule has 2 aromatic heterocycles. The van der Waals surface area contributed by atoms with Crippen molar-refractivity contribution >= 4 is 22.7 Å². The van der Waals surface area contributed by atoms with Crippen molar-refractivity contribution in [2.45, 2.75) is 24.8 Å². The van der Waals surface area contributed by atoms with Crippen molar-refractivity contribution in [3.05, 3.63) is 101 Å². The Morgan fingerprint density at radius 3 is 2.50 bits per heavy atom. The van der Waals surface area contributed by atoms with Crippen LogP contribution in [0.3, 0.4) is 0 Å². The van der Waals surface area contributed by atoms with Crippen LogP contribution in [0, 0.1) is 6.92 Å². The zero-order valence-electron chi connectivity index (χ0n) is 18.9. The summed E-state index contributed by atoms with van der Waals surface area (Å²) >= 11 is 1.46. The first-order chi connectivity index (χ1) is 16.7. The number of benzene rings is 3. The van der Waals surface area contributed by atoms with E-state index in [1.165, 1.54) is 11.8 Å². The van der Waals surface area contributed by atoms with Gasteiger partial charge in [-0.2, -0.15) is 0 Å². The summed E-state index contributed by atoms with van der Waals surface area (Å²) in [5.74, 6) is 2.48. The van der Waals surface area contributed by atoms with Crippen LogP contribution in [0.5, 0.6) is 5.75 Å². The van der Waals surface area contributed by atoms with E-state index in [0.717, 1.165) is 28.5 Å². The lowest BCUT2D eigenvalue weighted by atomic mass is 10.2. The molecule has 7 heteroatoms. The zero-order valence-corrected chi connectivity index (χ0v) is 19.7. The van der Waals surface area contributed by atoms with E-state index in [1.54, 1.807) is 4.57 Å². The largest absolute Gasteiger partial charge is 0.493 e. The van der Waals surface area contributed by atoms with E-state index in [9.17, 15) is 4.79 Å². The van der Waals surface area contributed by atoms with E-state index >= 15 is 0 Å². The summed E-state index contributed by atoms with van der Waals surface area (Å²) in [4.78, 5) is 22.9. The number of oxazole rings is 1. The van der Waals surface area contributed by atoms with Gasteiger partial charge in [0, 0.05) is 5.75 Å². The predicted molar refractivity (Wildman–Crippen MR) is 135 cm³/mol. The minimum Gasteiger partial charge on any atom is -0.493 e. The van der Waals surface area contributed by atoms with E-state index in [-0.39, 0.29) is 5.56 Å². The van der Waals surface area contributed by atoms with Gasteiger partial charge >= 0.3 is 0 Å². The molecule has 170 valence electrons. The molecule has 0 aliphatic carbocycles. The Balaban J connectivity index is 1.52. The molecule has 5 rings (SSSR count). The average Bonchev–Trinajstić information content (AvgIpc) is 3.24. The van der Waals surface area contributed by atoms with E-state index in [1.807, 2.05) is 92.7 Å². The van der Waals surface area contributed by atoms with E-state index in [4.69, 9.17) is 19.1 Å². The van der Waals surface area contributed by atoms with Crippen LogP contribution < -0.4 is 10.3 Å². The van der Waals surface area contributed by atoms with Crippen LogP contribution in [0.2, 0.25) is 0 Å². The molecule has 0 fully saturated rings. The minimum absolute atomic E-state index is 0.0949. The van der Waals surface area contributed by atoms with Crippen LogP contribution in [-0.2, 0) is 5.75 Å².